The van der Waals surface area contributed by atoms with Crippen LogP contribution in [0.1, 0.15) is 6.92 Å². The molecule has 0 aliphatic rings. The first kappa shape index (κ1) is 15.7. The number of nitrogens with one attached hydrogen (secondary N) is 2. The van der Waals surface area contributed by atoms with Crippen LogP contribution in [0.15, 0.2) is 49.3 Å². The zero-order chi connectivity index (χ0) is 16.9. The van der Waals surface area contributed by atoms with Crippen LogP contribution in [0.25, 0.3) is 11.4 Å². The SMILES string of the molecule is C[C@H](Cn1cncn1)NC(=O)Nc1cccc(-c2nccn2C)c1. The predicted molar refractivity (Wildman–Crippen MR) is 90.3 cm³/mol. The minimum absolute atomic E-state index is 0.0792. The van der Waals surface area contributed by atoms with E-state index < -0.39 is 0 Å². The first-order chi connectivity index (χ1) is 11.6. The monoisotopic (exact) mass is 325 g/mol. The molecule has 8 nitrogen and oxygen atoms in total. The Kier molecular flexibility index (Phi) is 4.55. The molecule has 0 saturated carbocycles. The van der Waals surface area contributed by atoms with Gasteiger partial charge in [-0.1, -0.05) is 12.1 Å². The number of aromatic nitrogens is 5. The van der Waals surface area contributed by atoms with Gasteiger partial charge in [0.2, 0.25) is 0 Å². The van der Waals surface area contributed by atoms with E-state index in [1.807, 2.05) is 49.0 Å². The zero-order valence-electron chi connectivity index (χ0n) is 13.5. The summed E-state index contributed by atoms with van der Waals surface area (Å²) in [5, 5.41) is 9.74. The molecule has 0 unspecified atom stereocenters. The standard InChI is InChI=1S/C16H19N7O/c1-12(9-23-11-17-10-19-23)20-16(24)21-14-5-3-4-13(8-14)15-18-6-7-22(15)2/h3-8,10-12H,9H2,1-2H3,(H2,20,21,24)/t12-/m1/s1. The number of hydrogen-bond acceptors (Lipinski definition) is 4. The second-order valence-corrected chi connectivity index (χ2v) is 5.56. The van der Waals surface area contributed by atoms with Gasteiger partial charge in [0.25, 0.3) is 0 Å². The van der Waals surface area contributed by atoms with Crippen LogP contribution in [0.3, 0.4) is 0 Å². The summed E-state index contributed by atoms with van der Waals surface area (Å²) in [6.07, 6.45) is 6.71. The molecule has 1 atom stereocenters. The van der Waals surface area contributed by atoms with Crippen molar-refractivity contribution in [3.63, 3.8) is 0 Å². The molecule has 2 heterocycles. The first-order valence-electron chi connectivity index (χ1n) is 7.59. The molecule has 1 aromatic carbocycles. The summed E-state index contributed by atoms with van der Waals surface area (Å²) in [6.45, 7) is 2.46. The highest BCUT2D eigenvalue weighted by Gasteiger charge is 2.10. The Balaban J connectivity index is 1.61. The van der Waals surface area contributed by atoms with Crippen molar-refractivity contribution in [3.8, 4) is 11.4 Å². The lowest BCUT2D eigenvalue weighted by Crippen LogP contribution is -2.38. The number of aryl methyl sites for hydroxylation is 1. The van der Waals surface area contributed by atoms with Gasteiger partial charge in [-0.15, -0.1) is 0 Å². The van der Waals surface area contributed by atoms with E-state index in [9.17, 15) is 4.79 Å². The molecule has 0 aliphatic carbocycles. The van der Waals surface area contributed by atoms with Crippen LogP contribution in [0.5, 0.6) is 0 Å². The maximum atomic E-state index is 12.1. The lowest BCUT2D eigenvalue weighted by atomic mass is 10.2. The van der Waals surface area contributed by atoms with E-state index in [2.05, 4.69) is 25.7 Å². The van der Waals surface area contributed by atoms with Gasteiger partial charge >= 0.3 is 6.03 Å². The molecule has 0 spiro atoms. The highest BCUT2D eigenvalue weighted by atomic mass is 16.2. The number of benzene rings is 1. The maximum Gasteiger partial charge on any atom is 0.319 e. The van der Waals surface area contributed by atoms with Crippen molar-refractivity contribution >= 4 is 11.7 Å². The van der Waals surface area contributed by atoms with Gasteiger partial charge in [0.1, 0.15) is 18.5 Å². The molecule has 3 rings (SSSR count). The average molecular weight is 325 g/mol. The van der Waals surface area contributed by atoms with Gasteiger partial charge in [0.05, 0.1) is 6.54 Å². The number of nitrogens with zero attached hydrogens (tertiary/aromatic N) is 5. The van der Waals surface area contributed by atoms with Crippen molar-refractivity contribution in [2.24, 2.45) is 7.05 Å². The van der Waals surface area contributed by atoms with E-state index in [4.69, 9.17) is 0 Å². The van der Waals surface area contributed by atoms with Gasteiger partial charge in [-0.05, 0) is 19.1 Å². The summed E-state index contributed by atoms with van der Waals surface area (Å²) < 4.78 is 3.60. The molecule has 24 heavy (non-hydrogen) atoms. The van der Waals surface area contributed by atoms with Crippen LogP contribution in [-0.4, -0.2) is 36.4 Å². The molecule has 2 amide bonds. The number of urea groups is 1. The quantitative estimate of drug-likeness (QED) is 0.749. The van der Waals surface area contributed by atoms with Gasteiger partial charge in [0.15, 0.2) is 0 Å². The number of anilines is 1. The molecule has 0 fully saturated rings. The molecule has 0 saturated heterocycles. The second-order valence-electron chi connectivity index (χ2n) is 5.56. The number of amides is 2. The van der Waals surface area contributed by atoms with Crippen molar-refractivity contribution in [3.05, 3.63) is 49.3 Å². The lowest BCUT2D eigenvalue weighted by molar-refractivity contribution is 0.247. The van der Waals surface area contributed by atoms with Gasteiger partial charge in [0, 0.05) is 36.7 Å². The highest BCUT2D eigenvalue weighted by Crippen LogP contribution is 2.20. The molecule has 8 heteroatoms. The van der Waals surface area contributed by atoms with Gasteiger partial charge < -0.3 is 15.2 Å². The smallest absolute Gasteiger partial charge is 0.319 e. The fourth-order valence-corrected chi connectivity index (χ4v) is 2.42. The number of imidazole rings is 1. The third-order valence-corrected chi connectivity index (χ3v) is 3.50. The predicted octanol–water partition coefficient (Wildman–Crippen LogP) is 1.89. The third kappa shape index (κ3) is 3.78. The maximum absolute atomic E-state index is 12.1. The number of carbonyl (C=O) groups excluding carboxylic acids is 1. The Bertz CT molecular complexity index is 809. The summed E-state index contributed by atoms with van der Waals surface area (Å²) in [5.41, 5.74) is 1.65. The van der Waals surface area contributed by atoms with Crippen LogP contribution in [0.4, 0.5) is 10.5 Å². The minimum Gasteiger partial charge on any atom is -0.334 e. The molecular weight excluding hydrogens is 306 g/mol. The van der Waals surface area contributed by atoms with Crippen molar-refractivity contribution in [2.75, 3.05) is 5.32 Å². The molecule has 0 aliphatic heterocycles. The van der Waals surface area contributed by atoms with Crippen LogP contribution in [-0.2, 0) is 13.6 Å². The van der Waals surface area contributed by atoms with Crippen LogP contribution < -0.4 is 10.6 Å². The summed E-state index contributed by atoms with van der Waals surface area (Å²) in [7, 11) is 1.93. The van der Waals surface area contributed by atoms with E-state index in [0.717, 1.165) is 11.4 Å². The first-order valence-corrected chi connectivity index (χ1v) is 7.59. The molecule has 0 radical (unpaired) electrons. The fraction of sp³-hybridized carbons (Fsp3) is 0.250. The molecule has 3 aromatic rings. The zero-order valence-corrected chi connectivity index (χ0v) is 13.5. The van der Waals surface area contributed by atoms with Gasteiger partial charge in [-0.2, -0.15) is 5.10 Å². The Morgan fingerprint density at radius 2 is 2.25 bits per heavy atom. The normalized spacial score (nSPS) is 11.9. The van der Waals surface area contributed by atoms with Crippen LogP contribution in [0.2, 0.25) is 0 Å². The van der Waals surface area contributed by atoms with Gasteiger partial charge in [-0.3, -0.25) is 4.68 Å². The lowest BCUT2D eigenvalue weighted by Gasteiger charge is -2.14. The van der Waals surface area contributed by atoms with Crippen molar-refractivity contribution in [1.29, 1.82) is 0 Å². The summed E-state index contributed by atoms with van der Waals surface area (Å²) in [5.74, 6) is 0.846. The van der Waals surface area contributed by atoms with Gasteiger partial charge in [-0.25, -0.2) is 14.8 Å². The molecule has 2 aromatic heterocycles. The molecular formula is C16H19N7O. The molecule has 0 bridgehead atoms. The number of carbonyl (C=O) groups is 1. The van der Waals surface area contributed by atoms with Crippen molar-refractivity contribution in [2.45, 2.75) is 19.5 Å². The van der Waals surface area contributed by atoms with E-state index in [1.54, 1.807) is 17.2 Å². The average Bonchev–Trinajstić information content (AvgIpc) is 3.18. The Morgan fingerprint density at radius 3 is 2.96 bits per heavy atom. The van der Waals surface area contributed by atoms with E-state index in [1.165, 1.54) is 6.33 Å². The number of rotatable bonds is 5. The van der Waals surface area contributed by atoms with E-state index >= 15 is 0 Å². The van der Waals surface area contributed by atoms with Crippen LogP contribution in [0, 0.1) is 0 Å². The van der Waals surface area contributed by atoms with Crippen molar-refractivity contribution < 1.29 is 4.79 Å². The molecule has 2 N–H and O–H groups in total. The summed E-state index contributed by atoms with van der Waals surface area (Å²) in [4.78, 5) is 20.3. The summed E-state index contributed by atoms with van der Waals surface area (Å²) >= 11 is 0. The second kappa shape index (κ2) is 6.95. The molecule has 124 valence electrons. The number of hydrogen-bond donors (Lipinski definition) is 2. The largest absolute Gasteiger partial charge is 0.334 e. The summed E-state index contributed by atoms with van der Waals surface area (Å²) in [6, 6.07) is 7.24. The third-order valence-electron chi connectivity index (χ3n) is 3.50. The Hall–Kier alpha value is -3.16. The minimum atomic E-state index is -0.264. The van der Waals surface area contributed by atoms with Crippen molar-refractivity contribution in [1.82, 2.24) is 29.6 Å². The highest BCUT2D eigenvalue weighted by molar-refractivity contribution is 5.90. The Morgan fingerprint density at radius 1 is 1.38 bits per heavy atom. The Labute approximate surface area is 139 Å². The van der Waals surface area contributed by atoms with E-state index in [-0.39, 0.29) is 12.1 Å². The van der Waals surface area contributed by atoms with E-state index in [0.29, 0.717) is 12.2 Å². The fourth-order valence-electron chi connectivity index (χ4n) is 2.42. The van der Waals surface area contributed by atoms with Crippen LogP contribution >= 0.6 is 0 Å². The topological polar surface area (TPSA) is 89.7 Å².